The molecule has 7 nitrogen and oxygen atoms in total. The van der Waals surface area contributed by atoms with Crippen LogP contribution in [0.15, 0.2) is 22.7 Å². The van der Waals surface area contributed by atoms with E-state index < -0.39 is 5.82 Å². The van der Waals surface area contributed by atoms with Gasteiger partial charge in [-0.25, -0.2) is 10.2 Å². The number of benzene rings is 1. The van der Waals surface area contributed by atoms with Gasteiger partial charge in [0.2, 0.25) is 11.9 Å². The summed E-state index contributed by atoms with van der Waals surface area (Å²) in [4.78, 5) is 13.7. The Labute approximate surface area is 123 Å². The minimum absolute atomic E-state index is 0.00273. The van der Waals surface area contributed by atoms with E-state index in [0.29, 0.717) is 10.4 Å². The lowest BCUT2D eigenvalue weighted by Gasteiger charge is -2.13. The molecule has 1 heterocycles. The zero-order valence-electron chi connectivity index (χ0n) is 10.8. The summed E-state index contributed by atoms with van der Waals surface area (Å²) in [5, 5.41) is 0. The molecule has 0 amide bonds. The van der Waals surface area contributed by atoms with Gasteiger partial charge in [0.1, 0.15) is 11.6 Å². The molecule has 3 N–H and O–H groups in total. The van der Waals surface area contributed by atoms with Crippen LogP contribution in [-0.4, -0.2) is 29.0 Å². The third kappa shape index (κ3) is 3.31. The Morgan fingerprint density at radius 3 is 2.70 bits per heavy atom. The van der Waals surface area contributed by atoms with Gasteiger partial charge in [-0.15, -0.1) is 0 Å². The number of nitrogens with two attached hydrogens (primary N) is 1. The van der Waals surface area contributed by atoms with Crippen molar-refractivity contribution in [2.75, 3.05) is 24.4 Å². The summed E-state index contributed by atoms with van der Waals surface area (Å²) < 4.78 is 19.2. The van der Waals surface area contributed by atoms with Gasteiger partial charge in [-0.3, -0.25) is 5.43 Å². The first-order valence-electron chi connectivity index (χ1n) is 5.52. The van der Waals surface area contributed by atoms with Crippen molar-refractivity contribution in [1.82, 2.24) is 15.0 Å². The van der Waals surface area contributed by atoms with E-state index in [0.717, 1.165) is 0 Å². The normalized spacial score (nSPS) is 10.2. The Morgan fingerprint density at radius 2 is 2.05 bits per heavy atom. The predicted octanol–water partition coefficient (Wildman–Crippen LogP) is 1.92. The minimum Gasteiger partial charge on any atom is -0.423 e. The zero-order chi connectivity index (χ0) is 14.7. The molecule has 2 rings (SSSR count). The Hall–Kier alpha value is -2.00. The third-order valence-electron chi connectivity index (χ3n) is 2.23. The fraction of sp³-hybridized carbons (Fsp3) is 0.182. The molecule has 20 heavy (non-hydrogen) atoms. The van der Waals surface area contributed by atoms with E-state index in [1.165, 1.54) is 18.2 Å². The number of rotatable bonds is 4. The predicted molar refractivity (Wildman–Crippen MR) is 76.1 cm³/mol. The second-order valence-corrected chi connectivity index (χ2v) is 4.81. The summed E-state index contributed by atoms with van der Waals surface area (Å²) in [6.45, 7) is 0. The quantitative estimate of drug-likeness (QED) is 0.648. The Kier molecular flexibility index (Phi) is 4.30. The first-order valence-corrected chi connectivity index (χ1v) is 6.32. The van der Waals surface area contributed by atoms with Crippen molar-refractivity contribution in [3.8, 4) is 11.8 Å². The third-order valence-corrected chi connectivity index (χ3v) is 2.88. The van der Waals surface area contributed by atoms with E-state index in [4.69, 9.17) is 10.6 Å². The van der Waals surface area contributed by atoms with Gasteiger partial charge in [0.05, 0.1) is 4.47 Å². The smallest absolute Gasteiger partial charge is 0.328 e. The van der Waals surface area contributed by atoms with Gasteiger partial charge in [-0.2, -0.15) is 15.0 Å². The summed E-state index contributed by atoms with van der Waals surface area (Å²) in [6, 6.07) is 4.06. The van der Waals surface area contributed by atoms with Crippen LogP contribution in [0.25, 0.3) is 0 Å². The van der Waals surface area contributed by atoms with E-state index in [9.17, 15) is 4.39 Å². The molecule has 0 fully saturated rings. The fourth-order valence-electron chi connectivity index (χ4n) is 1.31. The van der Waals surface area contributed by atoms with E-state index >= 15 is 0 Å². The number of hydrogen-bond donors (Lipinski definition) is 2. The maximum Gasteiger partial charge on any atom is 0.328 e. The molecular weight excluding hydrogens is 331 g/mol. The molecule has 0 radical (unpaired) electrons. The number of nitrogen functional groups attached to an aromatic ring is 1. The molecule has 0 unspecified atom stereocenters. The molecule has 0 saturated carbocycles. The van der Waals surface area contributed by atoms with Crippen molar-refractivity contribution >= 4 is 27.8 Å². The number of halogens is 2. The molecule has 2 aromatic rings. The standard InChI is InChI=1S/C11H12BrFN6O/c1-19(2)10-15-9(18-14)16-11(17-10)20-8-5-6(13)3-4-7(8)12/h3-5H,14H2,1-2H3,(H,15,16,17,18). The van der Waals surface area contributed by atoms with Crippen LogP contribution >= 0.6 is 15.9 Å². The highest BCUT2D eigenvalue weighted by atomic mass is 79.9. The van der Waals surface area contributed by atoms with Crippen LogP contribution in [-0.2, 0) is 0 Å². The maximum absolute atomic E-state index is 13.2. The fourth-order valence-corrected chi connectivity index (χ4v) is 1.64. The first-order chi connectivity index (χ1) is 9.49. The molecule has 9 heteroatoms. The van der Waals surface area contributed by atoms with E-state index in [1.54, 1.807) is 19.0 Å². The molecule has 0 aliphatic carbocycles. The number of anilines is 2. The number of nitrogens with one attached hydrogen (secondary N) is 1. The summed E-state index contributed by atoms with van der Waals surface area (Å²) in [6.07, 6.45) is 0. The highest BCUT2D eigenvalue weighted by molar-refractivity contribution is 9.10. The topological polar surface area (TPSA) is 89.2 Å². The number of aromatic nitrogens is 3. The monoisotopic (exact) mass is 342 g/mol. The molecule has 0 bridgehead atoms. The van der Waals surface area contributed by atoms with Crippen LogP contribution in [0.4, 0.5) is 16.3 Å². The first kappa shape index (κ1) is 14.4. The minimum atomic E-state index is -0.428. The van der Waals surface area contributed by atoms with Crippen LogP contribution in [0.3, 0.4) is 0 Å². The maximum atomic E-state index is 13.2. The van der Waals surface area contributed by atoms with E-state index in [1.807, 2.05) is 0 Å². The lowest BCUT2D eigenvalue weighted by molar-refractivity contribution is 0.434. The SMILES string of the molecule is CN(C)c1nc(NN)nc(Oc2cc(F)ccc2Br)n1. The molecule has 0 saturated heterocycles. The van der Waals surface area contributed by atoms with Crippen molar-refractivity contribution in [1.29, 1.82) is 0 Å². The Morgan fingerprint density at radius 1 is 1.30 bits per heavy atom. The largest absolute Gasteiger partial charge is 0.423 e. The van der Waals surface area contributed by atoms with Crippen LogP contribution in [0, 0.1) is 5.82 Å². The summed E-state index contributed by atoms with van der Waals surface area (Å²) in [5.41, 5.74) is 2.32. The second kappa shape index (κ2) is 5.97. The van der Waals surface area contributed by atoms with E-state index in [-0.39, 0.29) is 17.7 Å². The second-order valence-electron chi connectivity index (χ2n) is 3.96. The van der Waals surface area contributed by atoms with Crippen LogP contribution in [0.5, 0.6) is 11.8 Å². The van der Waals surface area contributed by atoms with Gasteiger partial charge in [0.15, 0.2) is 0 Å². The van der Waals surface area contributed by atoms with E-state index in [2.05, 4.69) is 36.3 Å². The number of ether oxygens (including phenoxy) is 1. The molecule has 0 aliphatic heterocycles. The van der Waals surface area contributed by atoms with Crippen molar-refractivity contribution < 1.29 is 9.13 Å². The van der Waals surface area contributed by atoms with Crippen molar-refractivity contribution in [3.63, 3.8) is 0 Å². The van der Waals surface area contributed by atoms with Gasteiger partial charge in [0.25, 0.3) is 0 Å². The van der Waals surface area contributed by atoms with Gasteiger partial charge in [-0.05, 0) is 28.1 Å². The molecule has 106 valence electrons. The number of nitrogens with zero attached hydrogens (tertiary/aromatic N) is 4. The molecule has 0 atom stereocenters. The highest BCUT2D eigenvalue weighted by Gasteiger charge is 2.11. The number of hydrazine groups is 1. The molecule has 0 aliphatic rings. The van der Waals surface area contributed by atoms with Crippen LogP contribution in [0.1, 0.15) is 0 Å². The van der Waals surface area contributed by atoms with Crippen molar-refractivity contribution in [2.24, 2.45) is 5.84 Å². The lowest BCUT2D eigenvalue weighted by Crippen LogP contribution is -2.17. The lowest BCUT2D eigenvalue weighted by atomic mass is 10.3. The molecular formula is C11H12BrFN6O. The van der Waals surface area contributed by atoms with Gasteiger partial charge < -0.3 is 9.64 Å². The van der Waals surface area contributed by atoms with Crippen molar-refractivity contribution in [3.05, 3.63) is 28.5 Å². The van der Waals surface area contributed by atoms with Crippen LogP contribution < -0.4 is 20.9 Å². The van der Waals surface area contributed by atoms with Gasteiger partial charge >= 0.3 is 6.01 Å². The summed E-state index contributed by atoms with van der Waals surface area (Å²) >= 11 is 3.26. The molecule has 1 aromatic carbocycles. The summed E-state index contributed by atoms with van der Waals surface area (Å²) in [5.74, 6) is 5.62. The molecule has 1 aromatic heterocycles. The Bertz CT molecular complexity index is 624. The average Bonchev–Trinajstić information content (AvgIpc) is 2.42. The van der Waals surface area contributed by atoms with Gasteiger partial charge in [0, 0.05) is 20.2 Å². The van der Waals surface area contributed by atoms with Crippen LogP contribution in [0.2, 0.25) is 0 Å². The zero-order valence-corrected chi connectivity index (χ0v) is 12.3. The number of hydrogen-bond acceptors (Lipinski definition) is 7. The Balaban J connectivity index is 2.37. The van der Waals surface area contributed by atoms with Gasteiger partial charge in [-0.1, -0.05) is 0 Å². The molecule has 0 spiro atoms. The van der Waals surface area contributed by atoms with Crippen molar-refractivity contribution in [2.45, 2.75) is 0 Å². The highest BCUT2D eigenvalue weighted by Crippen LogP contribution is 2.29. The summed E-state index contributed by atoms with van der Waals surface area (Å²) in [7, 11) is 3.52. The average molecular weight is 343 g/mol.